The van der Waals surface area contributed by atoms with Crippen LogP contribution < -0.4 is 10.9 Å². The number of aromatic amines is 1. The topological polar surface area (TPSA) is 167 Å². The number of nitrogens with one attached hydrogen (secondary N) is 2. The molecule has 0 bridgehead atoms. The van der Waals surface area contributed by atoms with E-state index in [1.54, 1.807) is 19.0 Å². The zero-order chi connectivity index (χ0) is 21.8. The second-order valence-electron chi connectivity index (χ2n) is 6.92. The Labute approximate surface area is 171 Å². The van der Waals surface area contributed by atoms with Crippen LogP contribution >= 0.6 is 0 Å². The first-order valence-corrected chi connectivity index (χ1v) is 9.29. The Morgan fingerprint density at radius 1 is 1.53 bits per heavy atom. The molecule has 13 nitrogen and oxygen atoms in total. The van der Waals surface area contributed by atoms with E-state index in [1.807, 2.05) is 0 Å². The van der Waals surface area contributed by atoms with Gasteiger partial charge in [0, 0.05) is 27.6 Å². The molecule has 1 amide bonds. The maximum atomic E-state index is 12.4. The number of aliphatic imine (C=N–C) groups is 1. The summed E-state index contributed by atoms with van der Waals surface area (Å²) in [6.07, 6.45) is -1.000. The highest BCUT2D eigenvalue weighted by molar-refractivity contribution is 5.75. The molecule has 30 heavy (non-hydrogen) atoms. The fourth-order valence-corrected chi connectivity index (χ4v) is 3.02. The van der Waals surface area contributed by atoms with Gasteiger partial charge in [0.05, 0.1) is 25.9 Å². The smallest absolute Gasteiger partial charge is 0.280 e. The highest BCUT2D eigenvalue weighted by atomic mass is 16.6. The van der Waals surface area contributed by atoms with E-state index in [-0.39, 0.29) is 36.0 Å². The minimum absolute atomic E-state index is 0.0262. The van der Waals surface area contributed by atoms with Crippen LogP contribution in [0.1, 0.15) is 12.6 Å². The molecule has 1 fully saturated rings. The summed E-state index contributed by atoms with van der Waals surface area (Å²) in [7, 11) is 5.06. The van der Waals surface area contributed by atoms with Crippen molar-refractivity contribution < 1.29 is 24.5 Å². The number of rotatable bonds is 8. The van der Waals surface area contributed by atoms with Crippen molar-refractivity contribution in [2.75, 3.05) is 34.4 Å². The molecule has 1 saturated heterocycles. The molecule has 1 unspecified atom stereocenters. The number of imidazole rings is 1. The number of hydrogen-bond acceptors (Lipinski definition) is 9. The highest BCUT2D eigenvalue weighted by Crippen LogP contribution is 2.33. The van der Waals surface area contributed by atoms with Crippen LogP contribution in [0.4, 0.5) is 5.95 Å². The molecule has 2 aromatic heterocycles. The fourth-order valence-electron chi connectivity index (χ4n) is 3.02. The van der Waals surface area contributed by atoms with Gasteiger partial charge in [-0.2, -0.15) is 4.98 Å². The quantitative estimate of drug-likeness (QED) is 0.280. The Balaban J connectivity index is 1.94. The zero-order valence-electron chi connectivity index (χ0n) is 16.8. The van der Waals surface area contributed by atoms with E-state index in [1.165, 1.54) is 24.3 Å². The summed E-state index contributed by atoms with van der Waals surface area (Å²) in [5.74, 6) is -0.152. The number of ether oxygens (including phenoxy) is 2. The lowest BCUT2D eigenvalue weighted by molar-refractivity contribution is -0.123. The van der Waals surface area contributed by atoms with E-state index in [9.17, 15) is 19.8 Å². The first-order chi connectivity index (χ1) is 14.3. The summed E-state index contributed by atoms with van der Waals surface area (Å²) in [4.78, 5) is 40.5. The van der Waals surface area contributed by atoms with Crippen LogP contribution in [0.5, 0.6) is 0 Å². The van der Waals surface area contributed by atoms with Gasteiger partial charge in [-0.3, -0.25) is 19.1 Å². The summed E-state index contributed by atoms with van der Waals surface area (Å²) in [5.41, 5.74) is -0.243. The maximum Gasteiger partial charge on any atom is 0.280 e. The van der Waals surface area contributed by atoms with E-state index in [0.717, 1.165) is 0 Å². The van der Waals surface area contributed by atoms with Crippen LogP contribution in [0.3, 0.4) is 0 Å². The third kappa shape index (κ3) is 4.48. The molecule has 164 valence electrons. The van der Waals surface area contributed by atoms with Gasteiger partial charge in [0.25, 0.3) is 5.56 Å². The molecule has 0 spiro atoms. The van der Waals surface area contributed by atoms with E-state index in [4.69, 9.17) is 9.47 Å². The molecular formula is C17H25N7O6. The lowest BCUT2D eigenvalue weighted by Gasteiger charge is -2.22. The summed E-state index contributed by atoms with van der Waals surface area (Å²) in [6.45, 7) is -0.412. The third-order valence-corrected chi connectivity index (χ3v) is 4.52. The number of carbonyl (C=O) groups excluding carboxylic acids is 1. The minimum atomic E-state index is -1.16. The normalized spacial score (nSPS) is 24.0. The molecule has 0 aliphatic carbocycles. The molecular weight excluding hydrogens is 398 g/mol. The average Bonchev–Trinajstić information content (AvgIpc) is 3.27. The molecule has 1 aliphatic heterocycles. The van der Waals surface area contributed by atoms with E-state index < -0.39 is 36.7 Å². The Kier molecular flexibility index (Phi) is 6.77. The predicted molar refractivity (Wildman–Crippen MR) is 105 cm³/mol. The Hall–Kier alpha value is -2.87. The van der Waals surface area contributed by atoms with Gasteiger partial charge in [-0.1, -0.05) is 0 Å². The molecule has 3 rings (SSSR count). The van der Waals surface area contributed by atoms with Crippen LogP contribution in [-0.4, -0.2) is 99.5 Å². The highest BCUT2D eigenvalue weighted by Gasteiger charge is 2.46. The van der Waals surface area contributed by atoms with Crippen molar-refractivity contribution in [2.24, 2.45) is 4.99 Å². The molecule has 2 aromatic rings. The number of fused-ring (bicyclic) bond motifs is 1. The molecule has 4 N–H and O–H groups in total. The number of hydrogen-bond donors (Lipinski definition) is 4. The van der Waals surface area contributed by atoms with Gasteiger partial charge < -0.3 is 29.9 Å². The van der Waals surface area contributed by atoms with Crippen LogP contribution in [-0.2, 0) is 14.3 Å². The van der Waals surface area contributed by atoms with Crippen molar-refractivity contribution in [3.8, 4) is 0 Å². The van der Waals surface area contributed by atoms with Gasteiger partial charge in [0.2, 0.25) is 11.9 Å². The Morgan fingerprint density at radius 2 is 2.30 bits per heavy atom. The van der Waals surface area contributed by atoms with Gasteiger partial charge in [-0.15, -0.1) is 0 Å². The van der Waals surface area contributed by atoms with E-state index in [2.05, 4.69) is 25.3 Å². The van der Waals surface area contributed by atoms with Gasteiger partial charge in [-0.05, 0) is 0 Å². The number of nitrogens with zero attached hydrogens (tertiary/aromatic N) is 5. The number of carbonyl (C=O) groups is 1. The van der Waals surface area contributed by atoms with Crippen LogP contribution in [0.2, 0.25) is 0 Å². The number of H-pyrrole nitrogens is 1. The van der Waals surface area contributed by atoms with Gasteiger partial charge in [0.1, 0.15) is 18.3 Å². The molecule has 13 heteroatoms. The van der Waals surface area contributed by atoms with Crippen LogP contribution in [0, 0.1) is 0 Å². The maximum absolute atomic E-state index is 12.4. The third-order valence-electron chi connectivity index (χ3n) is 4.52. The minimum Gasteiger partial charge on any atom is -0.394 e. The van der Waals surface area contributed by atoms with Crippen molar-refractivity contribution in [1.82, 2.24) is 29.7 Å². The zero-order valence-corrected chi connectivity index (χ0v) is 16.8. The van der Waals surface area contributed by atoms with Gasteiger partial charge in [0.15, 0.2) is 17.4 Å². The van der Waals surface area contributed by atoms with Crippen molar-refractivity contribution >= 4 is 29.4 Å². The number of amides is 1. The largest absolute Gasteiger partial charge is 0.394 e. The van der Waals surface area contributed by atoms with Crippen LogP contribution in [0.25, 0.3) is 11.2 Å². The monoisotopic (exact) mass is 423 g/mol. The van der Waals surface area contributed by atoms with Crippen molar-refractivity contribution in [2.45, 2.75) is 31.0 Å². The summed E-state index contributed by atoms with van der Waals surface area (Å²) in [6, 6.07) is 0. The molecule has 3 heterocycles. The molecule has 1 aliphatic rings. The van der Waals surface area contributed by atoms with Crippen molar-refractivity contribution in [3.05, 3.63) is 16.7 Å². The number of aromatic nitrogens is 4. The molecule has 0 radical (unpaired) electrons. The lowest BCUT2D eigenvalue weighted by atomic mass is 10.1. The Morgan fingerprint density at radius 3 is 2.97 bits per heavy atom. The van der Waals surface area contributed by atoms with E-state index >= 15 is 0 Å². The molecule has 0 saturated carbocycles. The molecule has 0 aromatic carbocycles. The fraction of sp³-hybridized carbons (Fsp3) is 0.588. The molecule has 4 atom stereocenters. The summed E-state index contributed by atoms with van der Waals surface area (Å²) < 4.78 is 12.9. The van der Waals surface area contributed by atoms with Gasteiger partial charge >= 0.3 is 0 Å². The van der Waals surface area contributed by atoms with Crippen LogP contribution in [0.15, 0.2) is 16.1 Å². The average molecular weight is 423 g/mol. The second kappa shape index (κ2) is 9.30. The van der Waals surface area contributed by atoms with Crippen molar-refractivity contribution in [1.29, 1.82) is 0 Å². The van der Waals surface area contributed by atoms with Crippen molar-refractivity contribution in [3.63, 3.8) is 0 Å². The summed E-state index contributed by atoms with van der Waals surface area (Å²) >= 11 is 0. The van der Waals surface area contributed by atoms with E-state index in [0.29, 0.717) is 0 Å². The number of aliphatic hydroxyl groups is 2. The Bertz CT molecular complexity index is 971. The lowest BCUT2D eigenvalue weighted by Crippen LogP contribution is -2.36. The summed E-state index contributed by atoms with van der Waals surface area (Å²) in [5, 5.41) is 22.5. The number of aliphatic hydroxyl groups excluding tert-OH is 2. The standard InChI is InChI=1S/C17H25N7O6/c1-18-10(26)4-5-29-13-12(27)9(6-25)30-16(13)24-8-19-11-14(24)21-17(22-15(11)28)20-7-23(2)3/h7-9,12-13,16,25,27H,4-6H2,1-3H3,(H,18,26)(H,21,22,28)/b20-7+/t9-,12+,13?,16-/m1/s1. The van der Waals surface area contributed by atoms with Gasteiger partial charge in [-0.25, -0.2) is 9.98 Å². The predicted octanol–water partition coefficient (Wildman–Crippen LogP) is -1.89. The first-order valence-electron chi connectivity index (χ1n) is 9.29. The second-order valence-corrected chi connectivity index (χ2v) is 6.92. The SMILES string of the molecule is CNC(=O)CCOC1[C@@H](O)[C@@H](CO)O[C@H]1n1cnc2c(=O)[nH]c(/N=C/N(C)C)nc21. The first kappa shape index (κ1) is 21.8.